The molecule has 3 aromatic carbocycles. The predicted molar refractivity (Wildman–Crippen MR) is 131 cm³/mol. The number of benzene rings is 3. The van der Waals surface area contributed by atoms with Crippen LogP contribution in [0.3, 0.4) is 0 Å². The molecule has 176 valence electrons. The maximum Gasteiger partial charge on any atom is 0.162 e. The van der Waals surface area contributed by atoms with Crippen LogP contribution < -0.4 is 5.32 Å². The van der Waals surface area contributed by atoms with Gasteiger partial charge in [-0.2, -0.15) is 5.10 Å². The molecule has 0 radical (unpaired) electrons. The summed E-state index contributed by atoms with van der Waals surface area (Å²) in [6, 6.07) is 18.2. The zero-order valence-electron chi connectivity index (χ0n) is 18.8. The van der Waals surface area contributed by atoms with Gasteiger partial charge in [-0.15, -0.1) is 0 Å². The summed E-state index contributed by atoms with van der Waals surface area (Å²) in [7, 11) is 0. The van der Waals surface area contributed by atoms with Crippen molar-refractivity contribution in [2.75, 3.05) is 11.9 Å². The lowest BCUT2D eigenvalue weighted by atomic mass is 9.96. The van der Waals surface area contributed by atoms with Gasteiger partial charge in [0.1, 0.15) is 5.75 Å². The van der Waals surface area contributed by atoms with Gasteiger partial charge in [-0.05, 0) is 42.3 Å². The Hall–Kier alpha value is -4.30. The van der Waals surface area contributed by atoms with Gasteiger partial charge in [0.05, 0.1) is 35.7 Å². The number of aromatic amines is 1. The quantitative estimate of drug-likeness (QED) is 0.253. The van der Waals surface area contributed by atoms with Crippen LogP contribution in [-0.4, -0.2) is 32.0 Å². The number of nitrogens with zero attached hydrogens (tertiary/aromatic N) is 2. The number of halogens is 2. The number of nitrogens with one attached hydrogen (secondary N) is 2. The second kappa shape index (κ2) is 9.15. The molecule has 2 heterocycles. The predicted octanol–water partition coefficient (Wildman–Crippen LogP) is 5.73. The van der Waals surface area contributed by atoms with Crippen LogP contribution in [0.25, 0.3) is 33.3 Å². The Morgan fingerprint density at radius 3 is 2.51 bits per heavy atom. The van der Waals surface area contributed by atoms with Gasteiger partial charge in [-0.3, -0.25) is 10.1 Å². The standard InChI is InChI=1S/C27H22F2N4O2/c1-15-19-9-17(7-8-24(19)33-32-15)20-10-18(31-25(14-34)16-5-3-2-4-6-16)13-30-27(20)21-11-22(28)23(29)12-26(21)35/h2-13,25,31,34-35H,14H2,1H3,(H,32,33). The highest BCUT2D eigenvalue weighted by molar-refractivity contribution is 5.91. The van der Waals surface area contributed by atoms with Crippen molar-refractivity contribution in [1.82, 2.24) is 15.2 Å². The molecule has 8 heteroatoms. The molecule has 0 aliphatic heterocycles. The number of aromatic hydroxyl groups is 1. The molecule has 0 spiro atoms. The second-order valence-electron chi connectivity index (χ2n) is 8.27. The number of pyridine rings is 1. The minimum absolute atomic E-state index is 0.0660. The largest absolute Gasteiger partial charge is 0.507 e. The molecule has 35 heavy (non-hydrogen) atoms. The van der Waals surface area contributed by atoms with Crippen molar-refractivity contribution >= 4 is 16.6 Å². The molecule has 0 aliphatic carbocycles. The van der Waals surface area contributed by atoms with Gasteiger partial charge < -0.3 is 15.5 Å². The molecule has 5 aromatic rings. The van der Waals surface area contributed by atoms with Crippen LogP contribution in [0.4, 0.5) is 14.5 Å². The van der Waals surface area contributed by atoms with E-state index in [-0.39, 0.29) is 23.9 Å². The van der Waals surface area contributed by atoms with Gasteiger partial charge >= 0.3 is 0 Å². The molecule has 0 saturated heterocycles. The molecule has 6 nitrogen and oxygen atoms in total. The normalized spacial score (nSPS) is 12.1. The number of phenolic OH excluding ortho intramolecular Hbond substituents is 1. The zero-order chi connectivity index (χ0) is 24.5. The summed E-state index contributed by atoms with van der Waals surface area (Å²) in [6.45, 7) is 1.76. The van der Waals surface area contributed by atoms with Crippen molar-refractivity contribution in [3.05, 3.63) is 95.8 Å². The molecule has 1 atom stereocenters. The Morgan fingerprint density at radius 2 is 1.74 bits per heavy atom. The van der Waals surface area contributed by atoms with E-state index < -0.39 is 17.4 Å². The maximum atomic E-state index is 14.1. The first-order valence-electron chi connectivity index (χ1n) is 11.0. The highest BCUT2D eigenvalue weighted by atomic mass is 19.2. The molecule has 1 unspecified atom stereocenters. The molecule has 0 amide bonds. The fourth-order valence-corrected chi connectivity index (χ4v) is 4.13. The molecule has 0 bridgehead atoms. The first-order valence-corrected chi connectivity index (χ1v) is 11.0. The average molecular weight is 472 g/mol. The number of hydrogen-bond donors (Lipinski definition) is 4. The molecular formula is C27H22F2N4O2. The fraction of sp³-hybridized carbons (Fsp3) is 0.111. The summed E-state index contributed by atoms with van der Waals surface area (Å²) in [4.78, 5) is 4.51. The number of aromatic nitrogens is 3. The number of rotatable bonds is 6. The van der Waals surface area contributed by atoms with E-state index in [1.165, 1.54) is 6.20 Å². The number of aliphatic hydroxyl groups is 1. The first kappa shape index (κ1) is 22.5. The van der Waals surface area contributed by atoms with Crippen LogP contribution in [-0.2, 0) is 0 Å². The van der Waals surface area contributed by atoms with Gasteiger partial charge in [0.2, 0.25) is 0 Å². The first-order chi connectivity index (χ1) is 16.9. The van der Waals surface area contributed by atoms with Crippen molar-refractivity contribution in [1.29, 1.82) is 0 Å². The summed E-state index contributed by atoms with van der Waals surface area (Å²) in [5, 5.41) is 31.8. The number of aryl methyl sites for hydroxylation is 1. The van der Waals surface area contributed by atoms with Gasteiger partial charge in [0, 0.05) is 28.3 Å². The van der Waals surface area contributed by atoms with Crippen LogP contribution in [0.2, 0.25) is 0 Å². The average Bonchev–Trinajstić information content (AvgIpc) is 3.25. The Labute approximate surface area is 199 Å². The number of H-pyrrole nitrogens is 1. The number of anilines is 1. The topological polar surface area (TPSA) is 94.1 Å². The summed E-state index contributed by atoms with van der Waals surface area (Å²) >= 11 is 0. The van der Waals surface area contributed by atoms with Crippen LogP contribution in [0.15, 0.2) is 72.9 Å². The van der Waals surface area contributed by atoms with Crippen molar-refractivity contribution in [2.45, 2.75) is 13.0 Å². The summed E-state index contributed by atoms with van der Waals surface area (Å²) < 4.78 is 27.8. The van der Waals surface area contributed by atoms with Crippen molar-refractivity contribution in [3.63, 3.8) is 0 Å². The monoisotopic (exact) mass is 472 g/mol. The number of aliphatic hydroxyl groups excluding tert-OH is 1. The van der Waals surface area contributed by atoms with Gasteiger partial charge in [-0.1, -0.05) is 36.4 Å². The van der Waals surface area contributed by atoms with Crippen LogP contribution in [0.1, 0.15) is 17.3 Å². The minimum atomic E-state index is -1.14. The molecular weight excluding hydrogens is 450 g/mol. The Kier molecular flexibility index (Phi) is 5.88. The number of phenols is 1. The molecule has 0 fully saturated rings. The molecule has 4 N–H and O–H groups in total. The Morgan fingerprint density at radius 1 is 0.971 bits per heavy atom. The third-order valence-electron chi connectivity index (χ3n) is 5.96. The van der Waals surface area contributed by atoms with E-state index in [2.05, 4.69) is 20.5 Å². The lowest BCUT2D eigenvalue weighted by molar-refractivity contribution is 0.276. The van der Waals surface area contributed by atoms with Gasteiger partial charge in [-0.25, -0.2) is 8.78 Å². The van der Waals surface area contributed by atoms with Crippen molar-refractivity contribution < 1.29 is 19.0 Å². The summed E-state index contributed by atoms with van der Waals surface area (Å²) in [5.74, 6) is -2.65. The Balaban J connectivity index is 1.66. The van der Waals surface area contributed by atoms with Gasteiger partial charge in [0.25, 0.3) is 0 Å². The van der Waals surface area contributed by atoms with Gasteiger partial charge in [0.15, 0.2) is 11.6 Å². The van der Waals surface area contributed by atoms with Crippen LogP contribution >= 0.6 is 0 Å². The van der Waals surface area contributed by atoms with Crippen LogP contribution in [0, 0.1) is 18.6 Å². The molecule has 5 rings (SSSR count). The highest BCUT2D eigenvalue weighted by Crippen LogP contribution is 2.39. The molecule has 2 aromatic heterocycles. The van der Waals surface area contributed by atoms with E-state index in [1.807, 2.05) is 61.5 Å². The Bertz CT molecular complexity index is 1520. The molecule has 0 aliphatic rings. The summed E-state index contributed by atoms with van der Waals surface area (Å²) in [5.41, 5.74) is 4.86. The smallest absolute Gasteiger partial charge is 0.162 e. The lowest BCUT2D eigenvalue weighted by Crippen LogP contribution is -2.15. The second-order valence-corrected chi connectivity index (χ2v) is 8.27. The van der Waals surface area contributed by atoms with Crippen molar-refractivity contribution in [3.8, 4) is 28.1 Å². The van der Waals surface area contributed by atoms with E-state index in [0.717, 1.165) is 39.9 Å². The van der Waals surface area contributed by atoms with Crippen molar-refractivity contribution in [2.24, 2.45) is 0 Å². The maximum absolute atomic E-state index is 14.1. The number of fused-ring (bicyclic) bond motifs is 1. The van der Waals surface area contributed by atoms with E-state index in [9.17, 15) is 19.0 Å². The lowest BCUT2D eigenvalue weighted by Gasteiger charge is -2.20. The number of hydrogen-bond acceptors (Lipinski definition) is 5. The van der Waals surface area contributed by atoms with Crippen LogP contribution in [0.5, 0.6) is 5.75 Å². The van der Waals surface area contributed by atoms with E-state index >= 15 is 0 Å². The van der Waals surface area contributed by atoms with E-state index in [4.69, 9.17) is 0 Å². The zero-order valence-corrected chi connectivity index (χ0v) is 18.8. The highest BCUT2D eigenvalue weighted by Gasteiger charge is 2.19. The summed E-state index contributed by atoms with van der Waals surface area (Å²) in [6.07, 6.45) is 1.53. The SMILES string of the molecule is Cc1[nH]nc2ccc(-c3cc(NC(CO)c4ccccc4)cnc3-c3cc(F)c(F)cc3O)cc12. The fourth-order valence-electron chi connectivity index (χ4n) is 4.13. The third-order valence-corrected chi connectivity index (χ3v) is 5.96. The van der Waals surface area contributed by atoms with E-state index in [0.29, 0.717) is 11.3 Å². The van der Waals surface area contributed by atoms with E-state index in [1.54, 1.807) is 0 Å². The molecule has 0 saturated carbocycles. The minimum Gasteiger partial charge on any atom is -0.507 e. The third kappa shape index (κ3) is 4.31.